The predicted octanol–water partition coefficient (Wildman–Crippen LogP) is 4.39. The van der Waals surface area contributed by atoms with Crippen molar-refractivity contribution in [1.29, 1.82) is 0 Å². The van der Waals surface area contributed by atoms with Crippen molar-refractivity contribution in [2.45, 2.75) is 11.8 Å². The third kappa shape index (κ3) is 3.22. The molecule has 0 spiro atoms. The van der Waals surface area contributed by atoms with Crippen molar-refractivity contribution >= 4 is 46.0 Å². The van der Waals surface area contributed by atoms with E-state index in [1.165, 1.54) is 11.8 Å². The van der Waals surface area contributed by atoms with E-state index in [-0.39, 0.29) is 11.7 Å². The van der Waals surface area contributed by atoms with Gasteiger partial charge in [-0.2, -0.15) is 0 Å². The molecule has 1 N–H and O–H groups in total. The van der Waals surface area contributed by atoms with Crippen LogP contribution in [0, 0.1) is 0 Å². The molecule has 2 aromatic rings. The SMILES string of the molecule is CCN1C(=O)/C(=C2\Sc3ccc(OC)cc3N2C)SC1=Nc1cccc(O)c1. The fourth-order valence-electron chi connectivity index (χ4n) is 3.02. The Balaban J connectivity index is 1.72. The summed E-state index contributed by atoms with van der Waals surface area (Å²) in [6.45, 7) is 2.45. The second-order valence-corrected chi connectivity index (χ2v) is 8.20. The van der Waals surface area contributed by atoms with Gasteiger partial charge in [0.25, 0.3) is 5.91 Å². The molecule has 1 amide bonds. The number of anilines is 1. The number of aromatic hydroxyl groups is 1. The Kier molecular flexibility index (Phi) is 4.99. The van der Waals surface area contributed by atoms with Crippen LogP contribution in [0.25, 0.3) is 0 Å². The largest absolute Gasteiger partial charge is 0.508 e. The zero-order chi connectivity index (χ0) is 19.8. The minimum Gasteiger partial charge on any atom is -0.508 e. The maximum Gasteiger partial charge on any atom is 0.269 e. The molecule has 2 aliphatic rings. The van der Waals surface area contributed by atoms with Gasteiger partial charge in [-0.25, -0.2) is 4.99 Å². The summed E-state index contributed by atoms with van der Waals surface area (Å²) in [6, 6.07) is 12.6. The van der Waals surface area contributed by atoms with Crippen LogP contribution in [0.15, 0.2) is 62.3 Å². The number of carbonyl (C=O) groups excluding carboxylic acids is 1. The third-order valence-corrected chi connectivity index (χ3v) is 6.90. The van der Waals surface area contributed by atoms with Crippen LogP contribution in [-0.2, 0) is 4.79 Å². The molecular formula is C20H19N3O3S2. The van der Waals surface area contributed by atoms with Crippen LogP contribution in [0.3, 0.4) is 0 Å². The zero-order valence-corrected chi connectivity index (χ0v) is 17.3. The maximum absolute atomic E-state index is 13.1. The smallest absolute Gasteiger partial charge is 0.269 e. The van der Waals surface area contributed by atoms with Crippen molar-refractivity contribution in [2.24, 2.45) is 4.99 Å². The number of amides is 1. The van der Waals surface area contributed by atoms with Crippen LogP contribution in [0.2, 0.25) is 0 Å². The molecule has 0 aliphatic carbocycles. The molecule has 0 saturated carbocycles. The van der Waals surface area contributed by atoms with Crippen molar-refractivity contribution < 1.29 is 14.6 Å². The summed E-state index contributed by atoms with van der Waals surface area (Å²) in [5, 5.41) is 11.2. The van der Waals surface area contributed by atoms with Gasteiger partial charge in [0.2, 0.25) is 0 Å². The van der Waals surface area contributed by atoms with Gasteiger partial charge >= 0.3 is 0 Å². The number of aliphatic imine (C=N–C) groups is 1. The van der Waals surface area contributed by atoms with E-state index >= 15 is 0 Å². The van der Waals surface area contributed by atoms with Crippen LogP contribution in [0.1, 0.15) is 6.92 Å². The molecule has 0 radical (unpaired) electrons. The fourth-order valence-corrected chi connectivity index (χ4v) is 5.41. The number of carbonyl (C=O) groups is 1. The normalized spacial score (nSPS) is 20.2. The highest BCUT2D eigenvalue weighted by Crippen LogP contribution is 2.51. The minimum absolute atomic E-state index is 0.0551. The first kappa shape index (κ1) is 18.8. The minimum atomic E-state index is -0.0551. The van der Waals surface area contributed by atoms with Crippen molar-refractivity contribution in [2.75, 3.05) is 25.6 Å². The van der Waals surface area contributed by atoms with Gasteiger partial charge in [0.05, 0.1) is 23.5 Å². The lowest BCUT2D eigenvalue weighted by Gasteiger charge is -2.15. The number of fused-ring (bicyclic) bond motifs is 1. The molecule has 2 aliphatic heterocycles. The number of phenolic OH excluding ortho intramolecular Hbond substituents is 1. The number of ether oxygens (including phenoxy) is 1. The molecule has 2 aromatic carbocycles. The number of benzene rings is 2. The zero-order valence-electron chi connectivity index (χ0n) is 15.7. The summed E-state index contributed by atoms with van der Waals surface area (Å²) in [5.41, 5.74) is 1.63. The number of phenols is 1. The molecule has 0 atom stereocenters. The maximum atomic E-state index is 13.1. The van der Waals surface area contributed by atoms with Crippen molar-refractivity contribution in [1.82, 2.24) is 4.90 Å². The Bertz CT molecular complexity index is 1020. The third-order valence-electron chi connectivity index (χ3n) is 4.47. The Morgan fingerprint density at radius 2 is 2.00 bits per heavy atom. The lowest BCUT2D eigenvalue weighted by Crippen LogP contribution is -2.29. The van der Waals surface area contributed by atoms with Gasteiger partial charge in [-0.3, -0.25) is 9.69 Å². The number of hydrogen-bond acceptors (Lipinski definition) is 7. The van der Waals surface area contributed by atoms with Gasteiger partial charge in [0, 0.05) is 30.6 Å². The molecule has 0 unspecified atom stereocenters. The number of hydrogen-bond donors (Lipinski definition) is 1. The van der Waals surface area contributed by atoms with Crippen LogP contribution in [0.4, 0.5) is 11.4 Å². The first-order chi connectivity index (χ1) is 13.5. The molecule has 28 heavy (non-hydrogen) atoms. The number of methoxy groups -OCH3 is 1. The quantitative estimate of drug-likeness (QED) is 0.753. The van der Waals surface area contributed by atoms with Gasteiger partial charge in [-0.15, -0.1) is 0 Å². The van der Waals surface area contributed by atoms with Crippen molar-refractivity contribution in [3.05, 3.63) is 52.4 Å². The highest BCUT2D eigenvalue weighted by molar-refractivity contribution is 8.19. The summed E-state index contributed by atoms with van der Waals surface area (Å²) in [4.78, 5) is 23.1. The Hall–Kier alpha value is -2.58. The Labute approximate surface area is 171 Å². The summed E-state index contributed by atoms with van der Waals surface area (Å²) in [6.07, 6.45) is 0. The molecule has 1 fully saturated rings. The van der Waals surface area contributed by atoms with Crippen molar-refractivity contribution in [3.8, 4) is 11.5 Å². The second kappa shape index (κ2) is 7.44. The summed E-state index contributed by atoms with van der Waals surface area (Å²) >= 11 is 2.94. The van der Waals surface area contributed by atoms with Crippen molar-refractivity contribution in [3.63, 3.8) is 0 Å². The number of rotatable bonds is 3. The average molecular weight is 414 g/mol. The van der Waals surface area contributed by atoms with E-state index in [0.717, 1.165) is 21.4 Å². The number of amidine groups is 1. The standard InChI is InChI=1S/C20H19N3O3S2/c1-4-23-18(25)17(28-20(23)21-12-6-5-7-13(24)10-12)19-22(2)15-11-14(26-3)8-9-16(15)27-19/h5-11,24H,4H2,1-3H3/b19-17+,21-20?. The summed E-state index contributed by atoms with van der Waals surface area (Å²) in [5.74, 6) is 0.873. The highest BCUT2D eigenvalue weighted by atomic mass is 32.2. The Morgan fingerprint density at radius 1 is 1.18 bits per heavy atom. The predicted molar refractivity (Wildman–Crippen MR) is 114 cm³/mol. The number of likely N-dealkylation sites (N-methyl/N-ethyl adjacent to an activating group) is 1. The van der Waals surface area contributed by atoms with E-state index in [4.69, 9.17) is 4.74 Å². The first-order valence-electron chi connectivity index (χ1n) is 8.73. The van der Waals surface area contributed by atoms with Gasteiger partial charge in [-0.1, -0.05) is 17.8 Å². The highest BCUT2D eigenvalue weighted by Gasteiger charge is 2.38. The van der Waals surface area contributed by atoms with Gasteiger partial charge in [0.1, 0.15) is 16.4 Å². The second-order valence-electron chi connectivity index (χ2n) is 6.19. The van der Waals surface area contributed by atoms with Crippen LogP contribution >= 0.6 is 23.5 Å². The van der Waals surface area contributed by atoms with Gasteiger partial charge in [0.15, 0.2) is 5.17 Å². The van der Waals surface area contributed by atoms with Crippen LogP contribution in [-0.4, -0.2) is 41.8 Å². The first-order valence-corrected chi connectivity index (χ1v) is 10.4. The molecule has 6 nitrogen and oxygen atoms in total. The van der Waals surface area contributed by atoms with Gasteiger partial charge < -0.3 is 14.7 Å². The van der Waals surface area contributed by atoms with E-state index in [0.29, 0.717) is 22.3 Å². The lowest BCUT2D eigenvalue weighted by molar-refractivity contribution is -0.122. The molecule has 8 heteroatoms. The molecule has 0 aromatic heterocycles. The average Bonchev–Trinajstić information content (AvgIpc) is 3.17. The van der Waals surface area contributed by atoms with E-state index < -0.39 is 0 Å². The van der Waals surface area contributed by atoms with E-state index in [9.17, 15) is 9.90 Å². The topological polar surface area (TPSA) is 65.4 Å². The van der Waals surface area contributed by atoms with Gasteiger partial charge in [-0.05, 0) is 43.0 Å². The van der Waals surface area contributed by atoms with Crippen LogP contribution < -0.4 is 9.64 Å². The monoisotopic (exact) mass is 413 g/mol. The lowest BCUT2D eigenvalue weighted by atomic mass is 10.3. The molecule has 1 saturated heterocycles. The van der Waals surface area contributed by atoms with Crippen LogP contribution in [0.5, 0.6) is 11.5 Å². The van der Waals surface area contributed by atoms with E-state index in [1.807, 2.05) is 37.1 Å². The summed E-state index contributed by atoms with van der Waals surface area (Å²) in [7, 11) is 3.60. The molecule has 0 bridgehead atoms. The number of nitrogens with zero attached hydrogens (tertiary/aromatic N) is 3. The molecular weight excluding hydrogens is 394 g/mol. The summed E-state index contributed by atoms with van der Waals surface area (Å²) < 4.78 is 5.33. The van der Waals surface area contributed by atoms with E-state index in [1.54, 1.807) is 48.0 Å². The molecule has 4 rings (SSSR count). The molecule has 144 valence electrons. The number of thioether (sulfide) groups is 2. The Morgan fingerprint density at radius 3 is 2.71 bits per heavy atom. The van der Waals surface area contributed by atoms with E-state index in [2.05, 4.69) is 4.99 Å². The molecule has 2 heterocycles. The fraction of sp³-hybridized carbons (Fsp3) is 0.200.